The summed E-state index contributed by atoms with van der Waals surface area (Å²) in [6.45, 7) is 3.99. The lowest BCUT2D eigenvalue weighted by atomic mass is 9.79. The van der Waals surface area contributed by atoms with E-state index in [2.05, 4.69) is 23.5 Å². The molecule has 1 heterocycles. The Kier molecular flexibility index (Phi) is 2.90. The van der Waals surface area contributed by atoms with Crippen LogP contribution < -0.4 is 11.1 Å². The van der Waals surface area contributed by atoms with Crippen molar-refractivity contribution in [2.75, 3.05) is 5.32 Å². The Labute approximate surface area is 114 Å². The molecular weight excluding hydrogens is 236 g/mol. The topological polar surface area (TPSA) is 55.1 Å². The quantitative estimate of drug-likeness (QED) is 0.813. The first-order valence-corrected chi connectivity index (χ1v) is 7.20. The molecule has 1 saturated carbocycles. The van der Waals surface area contributed by atoms with Gasteiger partial charge in [-0.05, 0) is 62.6 Å². The van der Waals surface area contributed by atoms with Gasteiger partial charge in [-0.1, -0.05) is 12.1 Å². The summed E-state index contributed by atoms with van der Waals surface area (Å²) in [6, 6.07) is 6.84. The number of hydrogen-bond donors (Lipinski definition) is 2. The number of nitrogens with two attached hydrogens (primary N) is 1. The molecule has 3 heteroatoms. The molecule has 0 aromatic heterocycles. The smallest absolute Gasteiger partial charge is 0.234 e. The van der Waals surface area contributed by atoms with E-state index in [0.29, 0.717) is 12.0 Å². The number of rotatable bonds is 1. The van der Waals surface area contributed by atoms with Crippen LogP contribution >= 0.6 is 0 Å². The molecule has 1 aliphatic heterocycles. The Hall–Kier alpha value is -1.35. The van der Waals surface area contributed by atoms with Gasteiger partial charge < -0.3 is 11.1 Å². The monoisotopic (exact) mass is 258 g/mol. The van der Waals surface area contributed by atoms with Crippen LogP contribution in [0.25, 0.3) is 0 Å². The minimum atomic E-state index is -0.406. The first-order chi connectivity index (χ1) is 8.98. The van der Waals surface area contributed by atoms with E-state index >= 15 is 0 Å². The first kappa shape index (κ1) is 12.7. The van der Waals surface area contributed by atoms with Gasteiger partial charge in [0.05, 0.1) is 5.41 Å². The molecule has 0 radical (unpaired) electrons. The number of benzene rings is 1. The van der Waals surface area contributed by atoms with Gasteiger partial charge in [0, 0.05) is 11.7 Å². The van der Waals surface area contributed by atoms with Crippen LogP contribution in [0, 0.1) is 0 Å². The van der Waals surface area contributed by atoms with E-state index in [1.54, 1.807) is 0 Å². The second-order valence-corrected chi connectivity index (χ2v) is 6.50. The summed E-state index contributed by atoms with van der Waals surface area (Å²) in [5, 5.41) is 2.97. The molecule has 3 N–H and O–H groups in total. The van der Waals surface area contributed by atoms with Crippen LogP contribution in [0.4, 0.5) is 5.69 Å². The van der Waals surface area contributed by atoms with E-state index in [1.165, 1.54) is 18.4 Å². The van der Waals surface area contributed by atoms with E-state index in [4.69, 9.17) is 5.73 Å². The van der Waals surface area contributed by atoms with Crippen LogP contribution in [0.15, 0.2) is 18.2 Å². The molecule has 0 unspecified atom stereocenters. The standard InChI is InChI=1S/C16H22N2O/c1-16(2)13-9-11(5-8-14(13)18-15(16)19)10-3-6-12(17)7-4-10/h5,8-10,12H,3-4,6-7,17H2,1-2H3,(H,18,19). The predicted molar refractivity (Wildman–Crippen MR) is 77.3 cm³/mol. The molecule has 0 atom stereocenters. The summed E-state index contributed by atoms with van der Waals surface area (Å²) in [5.74, 6) is 0.710. The third-order valence-electron chi connectivity index (χ3n) is 4.78. The molecular formula is C16H22N2O. The summed E-state index contributed by atoms with van der Waals surface area (Å²) in [6.07, 6.45) is 4.56. The highest BCUT2D eigenvalue weighted by Crippen LogP contribution is 2.41. The zero-order valence-electron chi connectivity index (χ0n) is 11.7. The average molecular weight is 258 g/mol. The minimum absolute atomic E-state index is 0.102. The van der Waals surface area contributed by atoms with E-state index in [1.807, 2.05) is 13.8 Å². The summed E-state index contributed by atoms with van der Waals surface area (Å²) in [4.78, 5) is 12.0. The average Bonchev–Trinajstić information content (AvgIpc) is 2.61. The highest BCUT2D eigenvalue weighted by atomic mass is 16.2. The van der Waals surface area contributed by atoms with Crippen molar-refractivity contribution < 1.29 is 4.79 Å². The zero-order chi connectivity index (χ0) is 13.6. The molecule has 102 valence electrons. The minimum Gasteiger partial charge on any atom is -0.328 e. The number of hydrogen-bond acceptors (Lipinski definition) is 2. The number of nitrogens with one attached hydrogen (secondary N) is 1. The van der Waals surface area contributed by atoms with E-state index in [0.717, 1.165) is 24.1 Å². The SMILES string of the molecule is CC1(C)C(=O)Nc2ccc(C3CCC(N)CC3)cc21. The molecule has 19 heavy (non-hydrogen) atoms. The largest absolute Gasteiger partial charge is 0.328 e. The van der Waals surface area contributed by atoms with Crippen molar-refractivity contribution in [2.45, 2.75) is 56.9 Å². The van der Waals surface area contributed by atoms with Crippen LogP contribution in [-0.4, -0.2) is 11.9 Å². The highest BCUT2D eigenvalue weighted by molar-refractivity contribution is 6.05. The van der Waals surface area contributed by atoms with Crippen molar-refractivity contribution >= 4 is 11.6 Å². The maximum Gasteiger partial charge on any atom is 0.234 e. The Morgan fingerprint density at radius 1 is 1.21 bits per heavy atom. The van der Waals surface area contributed by atoms with Crippen LogP contribution in [-0.2, 0) is 10.2 Å². The number of anilines is 1. The second-order valence-electron chi connectivity index (χ2n) is 6.50. The molecule has 2 aliphatic rings. The molecule has 1 aliphatic carbocycles. The third kappa shape index (κ3) is 2.06. The lowest BCUT2D eigenvalue weighted by Crippen LogP contribution is -2.27. The molecule has 0 saturated heterocycles. The lowest BCUT2D eigenvalue weighted by Gasteiger charge is -2.27. The van der Waals surface area contributed by atoms with E-state index < -0.39 is 5.41 Å². The number of fused-ring (bicyclic) bond motifs is 1. The predicted octanol–water partition coefficient (Wildman–Crippen LogP) is 2.90. The molecule has 1 fully saturated rings. The van der Waals surface area contributed by atoms with Gasteiger partial charge in [-0.15, -0.1) is 0 Å². The summed E-state index contributed by atoms with van der Waals surface area (Å²) in [5.41, 5.74) is 9.06. The number of carbonyl (C=O) groups is 1. The molecule has 1 aromatic carbocycles. The second kappa shape index (κ2) is 4.34. The van der Waals surface area contributed by atoms with Gasteiger partial charge in [0.2, 0.25) is 5.91 Å². The van der Waals surface area contributed by atoms with Gasteiger partial charge in [0.1, 0.15) is 0 Å². The molecule has 1 aromatic rings. The third-order valence-corrected chi connectivity index (χ3v) is 4.78. The van der Waals surface area contributed by atoms with Gasteiger partial charge in [0.25, 0.3) is 0 Å². The fourth-order valence-electron chi connectivity index (χ4n) is 3.30. The van der Waals surface area contributed by atoms with E-state index in [-0.39, 0.29) is 5.91 Å². The summed E-state index contributed by atoms with van der Waals surface area (Å²) >= 11 is 0. The van der Waals surface area contributed by atoms with Gasteiger partial charge >= 0.3 is 0 Å². The summed E-state index contributed by atoms with van der Waals surface area (Å²) < 4.78 is 0. The molecule has 3 nitrogen and oxygen atoms in total. The zero-order valence-corrected chi connectivity index (χ0v) is 11.7. The van der Waals surface area contributed by atoms with Crippen molar-refractivity contribution in [3.63, 3.8) is 0 Å². The van der Waals surface area contributed by atoms with Crippen molar-refractivity contribution in [3.05, 3.63) is 29.3 Å². The molecule has 3 rings (SSSR count). The van der Waals surface area contributed by atoms with Gasteiger partial charge in [-0.25, -0.2) is 0 Å². The maximum absolute atomic E-state index is 12.0. The normalized spacial score (nSPS) is 28.9. The van der Waals surface area contributed by atoms with Crippen LogP contribution in [0.5, 0.6) is 0 Å². The fraction of sp³-hybridized carbons (Fsp3) is 0.562. The van der Waals surface area contributed by atoms with Crippen molar-refractivity contribution in [3.8, 4) is 0 Å². The van der Waals surface area contributed by atoms with Crippen LogP contribution in [0.2, 0.25) is 0 Å². The lowest BCUT2D eigenvalue weighted by molar-refractivity contribution is -0.119. The Morgan fingerprint density at radius 3 is 2.58 bits per heavy atom. The van der Waals surface area contributed by atoms with E-state index in [9.17, 15) is 4.79 Å². The molecule has 0 spiro atoms. The van der Waals surface area contributed by atoms with Gasteiger partial charge in [-0.3, -0.25) is 4.79 Å². The fourth-order valence-corrected chi connectivity index (χ4v) is 3.30. The number of amides is 1. The Balaban J connectivity index is 1.90. The van der Waals surface area contributed by atoms with Gasteiger partial charge in [0.15, 0.2) is 0 Å². The van der Waals surface area contributed by atoms with Crippen molar-refractivity contribution in [1.82, 2.24) is 0 Å². The number of carbonyl (C=O) groups excluding carboxylic acids is 1. The summed E-state index contributed by atoms with van der Waals surface area (Å²) in [7, 11) is 0. The first-order valence-electron chi connectivity index (χ1n) is 7.20. The molecule has 1 amide bonds. The van der Waals surface area contributed by atoms with Gasteiger partial charge in [-0.2, -0.15) is 0 Å². The maximum atomic E-state index is 12.0. The van der Waals surface area contributed by atoms with Crippen molar-refractivity contribution in [1.29, 1.82) is 0 Å². The van der Waals surface area contributed by atoms with Crippen LogP contribution in [0.3, 0.4) is 0 Å². The Bertz CT molecular complexity index is 513. The van der Waals surface area contributed by atoms with Crippen LogP contribution in [0.1, 0.15) is 56.6 Å². The Morgan fingerprint density at radius 2 is 1.89 bits per heavy atom. The highest BCUT2D eigenvalue weighted by Gasteiger charge is 2.38. The van der Waals surface area contributed by atoms with Crippen molar-refractivity contribution in [2.24, 2.45) is 5.73 Å². The molecule has 0 bridgehead atoms.